The van der Waals surface area contributed by atoms with E-state index in [-0.39, 0.29) is 6.09 Å². The Kier molecular flexibility index (Phi) is 11.1. The summed E-state index contributed by atoms with van der Waals surface area (Å²) in [6.07, 6.45) is 3.08. The molecule has 5 aromatic rings. The fraction of sp³-hybridized carbons (Fsp3) is 0.419. The number of aryl methyl sites for hydroxylation is 1. The van der Waals surface area contributed by atoms with Crippen LogP contribution in [0.25, 0.3) is 22.2 Å². The van der Waals surface area contributed by atoms with Gasteiger partial charge in [0, 0.05) is 63.5 Å². The van der Waals surface area contributed by atoms with E-state index in [2.05, 4.69) is 28.0 Å². The Labute approximate surface area is 313 Å². The summed E-state index contributed by atoms with van der Waals surface area (Å²) in [5.74, 6) is 1.64. The second kappa shape index (κ2) is 16.3. The van der Waals surface area contributed by atoms with Crippen molar-refractivity contribution in [2.45, 2.75) is 58.8 Å². The van der Waals surface area contributed by atoms with E-state index in [1.54, 1.807) is 0 Å². The molecule has 0 radical (unpaired) electrons. The highest BCUT2D eigenvalue weighted by atomic mass is 16.6. The average molecular weight is 717 g/mol. The second-order valence-corrected chi connectivity index (χ2v) is 15.3. The van der Waals surface area contributed by atoms with Gasteiger partial charge in [-0.1, -0.05) is 60.7 Å². The number of fused-ring (bicyclic) bond motifs is 1. The molecule has 7 rings (SSSR count). The van der Waals surface area contributed by atoms with Gasteiger partial charge in [-0.3, -0.25) is 4.68 Å². The summed E-state index contributed by atoms with van der Waals surface area (Å²) in [6, 6.07) is 30.8. The first kappa shape index (κ1) is 36.3. The van der Waals surface area contributed by atoms with Gasteiger partial charge >= 0.3 is 6.09 Å². The van der Waals surface area contributed by atoms with Crippen molar-refractivity contribution in [1.29, 1.82) is 0 Å². The van der Waals surface area contributed by atoms with Crippen LogP contribution < -0.4 is 14.4 Å². The Morgan fingerprint density at radius 1 is 0.792 bits per heavy atom. The highest BCUT2D eigenvalue weighted by molar-refractivity contribution is 5.96. The van der Waals surface area contributed by atoms with Gasteiger partial charge in [-0.05, 0) is 87.9 Å². The number of piperidine rings is 1. The van der Waals surface area contributed by atoms with Crippen LogP contribution in [0, 0.1) is 5.92 Å². The van der Waals surface area contributed by atoms with E-state index in [4.69, 9.17) is 24.3 Å². The molecule has 0 bridgehead atoms. The van der Waals surface area contributed by atoms with E-state index in [1.165, 1.54) is 5.69 Å². The van der Waals surface area contributed by atoms with Crippen LogP contribution in [-0.2, 0) is 25.0 Å². The molecule has 0 saturated carbocycles. The van der Waals surface area contributed by atoms with Gasteiger partial charge in [-0.15, -0.1) is 0 Å². The van der Waals surface area contributed by atoms with Crippen molar-refractivity contribution in [3.05, 3.63) is 102 Å². The molecular formula is C43H52N6O4. The van der Waals surface area contributed by atoms with Crippen molar-refractivity contribution < 1.29 is 19.0 Å². The van der Waals surface area contributed by atoms with Gasteiger partial charge in [0.15, 0.2) is 0 Å². The predicted molar refractivity (Wildman–Crippen MR) is 209 cm³/mol. The van der Waals surface area contributed by atoms with Gasteiger partial charge in [-0.25, -0.2) is 4.79 Å². The number of hydrogen-bond acceptors (Lipinski definition) is 8. The van der Waals surface area contributed by atoms with Crippen LogP contribution in [0.2, 0.25) is 0 Å². The molecule has 1 amide bonds. The van der Waals surface area contributed by atoms with Crippen LogP contribution in [0.1, 0.15) is 51.2 Å². The van der Waals surface area contributed by atoms with Gasteiger partial charge in [-0.2, -0.15) is 10.1 Å². The van der Waals surface area contributed by atoms with Gasteiger partial charge in [0.05, 0.1) is 11.1 Å². The number of aromatic nitrogens is 3. The number of carbonyl (C=O) groups is 1. The molecule has 0 N–H and O–H groups in total. The quantitative estimate of drug-likeness (QED) is 0.144. The Hall–Kier alpha value is -5.09. The second-order valence-electron chi connectivity index (χ2n) is 15.3. The largest absolute Gasteiger partial charge is 0.473 e. The standard InChI is InChI=1S/C43H52N6O4/c1-43(2,3)53-42(50)49-23-11-22-47(26-27-49)29-32-20-24-48(25-21-32)35-16-17-36-38(28-35)46(4)45-40(36)37-18-19-39(51-30-33-12-7-5-8-13-33)44-41(37)52-31-34-14-9-6-10-15-34/h5-10,12-19,28,32H,11,20-27,29-31H2,1-4H3. The van der Waals surface area contributed by atoms with E-state index in [1.807, 2.05) is 110 Å². The molecule has 2 aliphatic rings. The molecule has 2 fully saturated rings. The van der Waals surface area contributed by atoms with Crippen molar-refractivity contribution in [2.75, 3.05) is 50.7 Å². The molecule has 0 atom stereocenters. The van der Waals surface area contributed by atoms with E-state index in [0.29, 0.717) is 30.9 Å². The molecule has 0 unspecified atom stereocenters. The fourth-order valence-electron chi connectivity index (χ4n) is 7.29. The van der Waals surface area contributed by atoms with Crippen molar-refractivity contribution in [3.8, 4) is 23.0 Å². The molecular weight excluding hydrogens is 665 g/mol. The maximum Gasteiger partial charge on any atom is 0.410 e. The third-order valence-corrected chi connectivity index (χ3v) is 10.1. The maximum absolute atomic E-state index is 12.6. The number of ether oxygens (including phenoxy) is 3. The van der Waals surface area contributed by atoms with E-state index < -0.39 is 5.60 Å². The first-order valence-corrected chi connectivity index (χ1v) is 19.0. The highest BCUT2D eigenvalue weighted by Gasteiger charge is 2.27. The maximum atomic E-state index is 12.6. The number of anilines is 1. The Morgan fingerprint density at radius 2 is 1.49 bits per heavy atom. The van der Waals surface area contributed by atoms with Gasteiger partial charge < -0.3 is 28.9 Å². The molecule has 0 spiro atoms. The molecule has 278 valence electrons. The molecule has 10 heteroatoms. The van der Waals surface area contributed by atoms with Crippen LogP contribution in [0.5, 0.6) is 11.8 Å². The van der Waals surface area contributed by atoms with E-state index >= 15 is 0 Å². The number of amides is 1. The van der Waals surface area contributed by atoms with Gasteiger partial charge in [0.1, 0.15) is 24.5 Å². The summed E-state index contributed by atoms with van der Waals surface area (Å²) in [6.45, 7) is 13.1. The lowest BCUT2D eigenvalue weighted by molar-refractivity contribution is 0.0257. The highest BCUT2D eigenvalue weighted by Crippen LogP contribution is 2.37. The number of carbonyl (C=O) groups excluding carboxylic acids is 1. The normalized spacial score (nSPS) is 16.1. The van der Waals surface area contributed by atoms with E-state index in [0.717, 1.165) is 98.4 Å². The van der Waals surface area contributed by atoms with Crippen LogP contribution in [0.4, 0.5) is 10.5 Å². The summed E-state index contributed by atoms with van der Waals surface area (Å²) < 4.78 is 20.1. The lowest BCUT2D eigenvalue weighted by Crippen LogP contribution is -2.41. The number of rotatable bonds is 10. The SMILES string of the molecule is Cn1nc(-c2ccc(OCc3ccccc3)nc2OCc2ccccc2)c2ccc(N3CCC(CN4CCCN(C(=O)OC(C)(C)C)CC4)CC3)cc21. The molecule has 2 saturated heterocycles. The molecule has 2 aromatic heterocycles. The number of nitrogens with zero attached hydrogens (tertiary/aromatic N) is 6. The minimum Gasteiger partial charge on any atom is -0.473 e. The number of hydrogen-bond donors (Lipinski definition) is 0. The van der Waals surface area contributed by atoms with Gasteiger partial charge in [0.2, 0.25) is 11.8 Å². The molecule has 4 heterocycles. The molecule has 0 aliphatic carbocycles. The fourth-order valence-corrected chi connectivity index (χ4v) is 7.29. The zero-order valence-corrected chi connectivity index (χ0v) is 31.5. The van der Waals surface area contributed by atoms with Crippen molar-refractivity contribution in [1.82, 2.24) is 24.6 Å². The lowest BCUT2D eigenvalue weighted by atomic mass is 9.95. The van der Waals surface area contributed by atoms with Crippen LogP contribution in [-0.4, -0.2) is 82.1 Å². The van der Waals surface area contributed by atoms with Crippen molar-refractivity contribution in [2.24, 2.45) is 13.0 Å². The monoisotopic (exact) mass is 716 g/mol. The minimum atomic E-state index is -0.468. The Balaban J connectivity index is 1.02. The van der Waals surface area contributed by atoms with Crippen LogP contribution >= 0.6 is 0 Å². The predicted octanol–water partition coefficient (Wildman–Crippen LogP) is 7.95. The Bertz CT molecular complexity index is 1970. The summed E-state index contributed by atoms with van der Waals surface area (Å²) in [5.41, 5.74) is 5.62. The zero-order chi connectivity index (χ0) is 36.8. The lowest BCUT2D eigenvalue weighted by Gasteiger charge is -2.36. The summed E-state index contributed by atoms with van der Waals surface area (Å²) in [5, 5.41) is 6.06. The average Bonchev–Trinajstić information content (AvgIpc) is 3.31. The zero-order valence-electron chi connectivity index (χ0n) is 31.5. The Morgan fingerprint density at radius 3 is 2.19 bits per heavy atom. The molecule has 10 nitrogen and oxygen atoms in total. The number of benzene rings is 3. The van der Waals surface area contributed by atoms with Crippen molar-refractivity contribution >= 4 is 22.7 Å². The summed E-state index contributed by atoms with van der Waals surface area (Å²) in [4.78, 5) is 24.4. The van der Waals surface area contributed by atoms with Crippen LogP contribution in [0.15, 0.2) is 91.0 Å². The van der Waals surface area contributed by atoms with Crippen LogP contribution in [0.3, 0.4) is 0 Å². The summed E-state index contributed by atoms with van der Waals surface area (Å²) in [7, 11) is 2.00. The number of pyridine rings is 1. The first-order valence-electron chi connectivity index (χ1n) is 19.0. The third-order valence-electron chi connectivity index (χ3n) is 10.1. The molecule has 3 aromatic carbocycles. The topological polar surface area (TPSA) is 85.2 Å². The minimum absolute atomic E-state index is 0.194. The smallest absolute Gasteiger partial charge is 0.410 e. The molecule has 2 aliphatic heterocycles. The van der Waals surface area contributed by atoms with Gasteiger partial charge in [0.25, 0.3) is 0 Å². The third kappa shape index (κ3) is 9.29. The first-order chi connectivity index (χ1) is 25.7. The van der Waals surface area contributed by atoms with E-state index in [9.17, 15) is 4.79 Å². The summed E-state index contributed by atoms with van der Waals surface area (Å²) >= 11 is 0. The molecule has 53 heavy (non-hydrogen) atoms. The van der Waals surface area contributed by atoms with Crippen molar-refractivity contribution in [3.63, 3.8) is 0 Å².